The van der Waals surface area contributed by atoms with Crippen LogP contribution in [-0.2, 0) is 0 Å². The molecular formula is C59H39N5. The van der Waals surface area contributed by atoms with E-state index < -0.39 is 0 Å². The molecule has 3 aromatic heterocycles. The third kappa shape index (κ3) is 7.74. The summed E-state index contributed by atoms with van der Waals surface area (Å²) < 4.78 is 0. The third-order valence-electron chi connectivity index (χ3n) is 11.7. The number of hydrogen-bond acceptors (Lipinski definition) is 5. The van der Waals surface area contributed by atoms with Gasteiger partial charge in [-0.1, -0.05) is 164 Å². The maximum Gasteiger partial charge on any atom is 0.165 e. The normalized spacial score (nSPS) is 11.1. The molecule has 0 aliphatic heterocycles. The minimum absolute atomic E-state index is 0.546. The third-order valence-corrected chi connectivity index (χ3v) is 11.7. The predicted molar refractivity (Wildman–Crippen MR) is 262 cm³/mol. The molecule has 0 bridgehead atoms. The van der Waals surface area contributed by atoms with Crippen LogP contribution in [0.2, 0.25) is 0 Å². The van der Waals surface area contributed by atoms with E-state index in [1.807, 2.05) is 24.3 Å². The fraction of sp³-hybridized carbons (Fsp3) is 0. The molecule has 0 radical (unpaired) electrons. The Morgan fingerprint density at radius 2 is 0.672 bits per heavy atom. The summed E-state index contributed by atoms with van der Waals surface area (Å²) in [6.45, 7) is 0. The Hall–Kier alpha value is -8.67. The van der Waals surface area contributed by atoms with Crippen molar-refractivity contribution in [1.29, 1.82) is 0 Å². The second-order valence-electron chi connectivity index (χ2n) is 15.8. The number of rotatable bonds is 9. The SMILES string of the molecule is c1ccc(-c2ccc(-c3cc(-c4ccc(-c5cccc6ccccc56)cc4)cc(-c4ccc(-c5nc(-c6cccnc6)nc(-c6cccnc6)n5)cc4-c4ccccc4)c3)cc2)cc1. The number of hydrogen-bond donors (Lipinski definition) is 0. The molecule has 0 atom stereocenters. The molecule has 0 unspecified atom stereocenters. The molecule has 8 aromatic carbocycles. The van der Waals surface area contributed by atoms with Crippen LogP contribution < -0.4 is 0 Å². The smallest absolute Gasteiger partial charge is 0.165 e. The molecular weight excluding hydrogens is 779 g/mol. The first-order valence-electron chi connectivity index (χ1n) is 21.4. The van der Waals surface area contributed by atoms with E-state index in [2.05, 4.69) is 198 Å². The van der Waals surface area contributed by atoms with Crippen LogP contribution in [0.15, 0.2) is 237 Å². The number of nitrogens with zero attached hydrogens (tertiary/aromatic N) is 5. The molecule has 0 saturated heterocycles. The number of benzene rings is 8. The van der Waals surface area contributed by atoms with Gasteiger partial charge >= 0.3 is 0 Å². The second kappa shape index (κ2) is 17.0. The van der Waals surface area contributed by atoms with E-state index in [1.54, 1.807) is 24.8 Å². The monoisotopic (exact) mass is 817 g/mol. The lowest BCUT2D eigenvalue weighted by Gasteiger charge is -2.17. The van der Waals surface area contributed by atoms with Gasteiger partial charge in [0.25, 0.3) is 0 Å². The first-order valence-corrected chi connectivity index (χ1v) is 21.4. The van der Waals surface area contributed by atoms with Crippen molar-refractivity contribution in [2.24, 2.45) is 0 Å². The molecule has 11 rings (SSSR count). The Balaban J connectivity index is 1.06. The van der Waals surface area contributed by atoms with Crippen molar-refractivity contribution in [1.82, 2.24) is 24.9 Å². The number of fused-ring (bicyclic) bond motifs is 1. The fourth-order valence-corrected chi connectivity index (χ4v) is 8.47. The van der Waals surface area contributed by atoms with Crippen molar-refractivity contribution in [2.75, 3.05) is 0 Å². The number of pyridine rings is 2. The van der Waals surface area contributed by atoms with Crippen LogP contribution in [0, 0.1) is 0 Å². The van der Waals surface area contributed by atoms with Crippen LogP contribution in [0.3, 0.4) is 0 Å². The van der Waals surface area contributed by atoms with Gasteiger partial charge < -0.3 is 0 Å². The lowest BCUT2D eigenvalue weighted by molar-refractivity contribution is 1.07. The maximum absolute atomic E-state index is 5.04. The van der Waals surface area contributed by atoms with E-state index in [1.165, 1.54) is 33.0 Å². The summed E-state index contributed by atoms with van der Waals surface area (Å²) >= 11 is 0. The van der Waals surface area contributed by atoms with Crippen LogP contribution in [0.4, 0.5) is 0 Å². The summed E-state index contributed by atoms with van der Waals surface area (Å²) in [5.41, 5.74) is 16.2. The molecule has 0 spiro atoms. The zero-order chi connectivity index (χ0) is 42.7. The standard InChI is InChI=1S/C59H39N5/c1-3-12-40(13-4-1)41-22-24-42(25-23-41)50-34-51(43-26-28-46(29-27-43)54-21-9-17-44-16-7-8-20-53(44)54)36-52(35-50)55-31-30-47(37-56(55)45-14-5-2-6-15-45)57-62-58(48-18-10-32-60-38-48)64-59(63-57)49-19-11-33-61-39-49/h1-39H. The second-order valence-corrected chi connectivity index (χ2v) is 15.8. The molecule has 0 amide bonds. The molecule has 0 fully saturated rings. The predicted octanol–water partition coefficient (Wildman–Crippen LogP) is 14.8. The topological polar surface area (TPSA) is 64.5 Å². The van der Waals surface area contributed by atoms with Gasteiger partial charge in [0.05, 0.1) is 0 Å². The van der Waals surface area contributed by atoms with Crippen LogP contribution in [0.1, 0.15) is 0 Å². The first kappa shape index (κ1) is 38.3. The van der Waals surface area contributed by atoms with E-state index >= 15 is 0 Å². The Morgan fingerprint density at radius 1 is 0.234 bits per heavy atom. The van der Waals surface area contributed by atoms with Crippen molar-refractivity contribution in [2.45, 2.75) is 0 Å². The van der Waals surface area contributed by atoms with Crippen molar-refractivity contribution < 1.29 is 0 Å². The lowest BCUT2D eigenvalue weighted by Crippen LogP contribution is -2.01. The molecule has 11 aromatic rings. The van der Waals surface area contributed by atoms with Gasteiger partial charge in [-0.3, -0.25) is 9.97 Å². The highest BCUT2D eigenvalue weighted by molar-refractivity contribution is 5.97. The quantitative estimate of drug-likeness (QED) is 0.145. The van der Waals surface area contributed by atoms with Gasteiger partial charge in [-0.15, -0.1) is 0 Å². The Bertz CT molecular complexity index is 3330. The lowest BCUT2D eigenvalue weighted by atomic mass is 9.88. The molecule has 5 heteroatoms. The Kier molecular flexibility index (Phi) is 10.2. The van der Waals surface area contributed by atoms with Crippen molar-refractivity contribution in [3.63, 3.8) is 0 Å². The summed E-state index contributed by atoms with van der Waals surface area (Å²) in [6.07, 6.45) is 7.06. The fourth-order valence-electron chi connectivity index (χ4n) is 8.47. The molecule has 0 aliphatic rings. The highest BCUT2D eigenvalue weighted by Gasteiger charge is 2.17. The summed E-state index contributed by atoms with van der Waals surface area (Å²) in [5, 5.41) is 2.48. The van der Waals surface area contributed by atoms with E-state index in [4.69, 9.17) is 15.0 Å². The van der Waals surface area contributed by atoms with Crippen molar-refractivity contribution in [3.05, 3.63) is 237 Å². The number of aromatic nitrogens is 5. The van der Waals surface area contributed by atoms with E-state index in [0.717, 1.165) is 61.2 Å². The minimum Gasteiger partial charge on any atom is -0.264 e. The van der Waals surface area contributed by atoms with Gasteiger partial charge in [-0.2, -0.15) is 0 Å². The molecule has 5 nitrogen and oxygen atoms in total. The van der Waals surface area contributed by atoms with Gasteiger partial charge in [-0.05, 0) is 126 Å². The van der Waals surface area contributed by atoms with E-state index in [-0.39, 0.29) is 0 Å². The Labute approximate surface area is 372 Å². The summed E-state index contributed by atoms with van der Waals surface area (Å²) in [7, 11) is 0. The van der Waals surface area contributed by atoms with Crippen LogP contribution in [0.25, 0.3) is 112 Å². The molecule has 0 saturated carbocycles. The largest absolute Gasteiger partial charge is 0.264 e. The van der Waals surface area contributed by atoms with E-state index in [0.29, 0.717) is 17.5 Å². The summed E-state index contributed by atoms with van der Waals surface area (Å²) in [6, 6.07) is 75.3. The molecule has 0 aliphatic carbocycles. The highest BCUT2D eigenvalue weighted by atomic mass is 15.0. The molecule has 64 heavy (non-hydrogen) atoms. The average molecular weight is 818 g/mol. The molecule has 0 N–H and O–H groups in total. The summed E-state index contributed by atoms with van der Waals surface area (Å²) in [4.78, 5) is 23.7. The van der Waals surface area contributed by atoms with Crippen LogP contribution >= 0.6 is 0 Å². The van der Waals surface area contributed by atoms with Gasteiger partial charge in [0.15, 0.2) is 17.5 Å². The van der Waals surface area contributed by atoms with Gasteiger partial charge in [0.1, 0.15) is 0 Å². The maximum atomic E-state index is 5.04. The van der Waals surface area contributed by atoms with Crippen molar-refractivity contribution >= 4 is 10.8 Å². The van der Waals surface area contributed by atoms with Gasteiger partial charge in [-0.25, -0.2) is 15.0 Å². The van der Waals surface area contributed by atoms with Crippen molar-refractivity contribution in [3.8, 4) is 101 Å². The van der Waals surface area contributed by atoms with Crippen LogP contribution in [0.5, 0.6) is 0 Å². The minimum atomic E-state index is 0.546. The zero-order valence-corrected chi connectivity index (χ0v) is 34.8. The van der Waals surface area contributed by atoms with Gasteiger partial charge in [0, 0.05) is 41.5 Å². The Morgan fingerprint density at radius 3 is 1.27 bits per heavy atom. The molecule has 300 valence electrons. The van der Waals surface area contributed by atoms with E-state index in [9.17, 15) is 0 Å². The zero-order valence-electron chi connectivity index (χ0n) is 34.8. The van der Waals surface area contributed by atoms with Crippen LogP contribution in [-0.4, -0.2) is 24.9 Å². The summed E-state index contributed by atoms with van der Waals surface area (Å²) in [5.74, 6) is 1.66. The van der Waals surface area contributed by atoms with Gasteiger partial charge in [0.2, 0.25) is 0 Å². The first-order chi connectivity index (χ1) is 31.7. The average Bonchev–Trinajstić information content (AvgIpc) is 3.39. The molecule has 3 heterocycles. The highest BCUT2D eigenvalue weighted by Crippen LogP contribution is 2.41.